The van der Waals surface area contributed by atoms with E-state index in [4.69, 9.17) is 43.4 Å². The summed E-state index contributed by atoms with van der Waals surface area (Å²) in [7, 11) is 0. The number of primary amides is 4. The number of carboxylic acid groups (broad SMARTS) is 4. The molecule has 298 valence electrons. The molecule has 0 radical (unpaired) electrons. The molecule has 16 N–H and O–H groups in total. The van der Waals surface area contributed by atoms with Gasteiger partial charge in [0.1, 0.15) is 24.2 Å². The number of aliphatic carboxylic acids is 4. The van der Waals surface area contributed by atoms with E-state index in [0.29, 0.717) is 0 Å². The van der Waals surface area contributed by atoms with Gasteiger partial charge in [0.25, 0.3) is 0 Å². The number of nitrogens with two attached hydrogens (primary N) is 4. The summed E-state index contributed by atoms with van der Waals surface area (Å²) in [4.78, 5) is 134. The lowest BCUT2D eigenvalue weighted by Gasteiger charge is -2.15. The molecule has 0 heterocycles. The fourth-order valence-corrected chi connectivity index (χ4v) is 3.88. The highest BCUT2D eigenvalue weighted by Crippen LogP contribution is 2.04. The van der Waals surface area contributed by atoms with E-state index in [1.165, 1.54) is 0 Å². The number of rotatable bonds is 27. The van der Waals surface area contributed by atoms with Gasteiger partial charge in [-0.05, 0) is 32.1 Å². The van der Waals surface area contributed by atoms with Crippen LogP contribution in [0, 0.1) is 0 Å². The highest BCUT2D eigenvalue weighted by atomic mass is 16.4. The molecular formula is C29H46N8O16. The maximum absolute atomic E-state index is 11.7. The Labute approximate surface area is 301 Å². The van der Waals surface area contributed by atoms with Crippen molar-refractivity contribution in [1.82, 2.24) is 21.3 Å². The number of carboxylic acids is 4. The first-order valence-electron chi connectivity index (χ1n) is 15.8. The van der Waals surface area contributed by atoms with E-state index < -0.39 is 108 Å². The van der Waals surface area contributed by atoms with Gasteiger partial charge in [0.15, 0.2) is 0 Å². The summed E-state index contributed by atoms with van der Waals surface area (Å²) < 4.78 is 0. The number of carbonyl (C=O) groups excluding carboxylic acids is 8. The molecule has 0 fully saturated rings. The monoisotopic (exact) mass is 762 g/mol. The molecule has 8 amide bonds. The lowest BCUT2D eigenvalue weighted by Crippen LogP contribution is -2.43. The minimum Gasteiger partial charge on any atom is -0.480 e. The van der Waals surface area contributed by atoms with Gasteiger partial charge in [-0.15, -0.1) is 0 Å². The van der Waals surface area contributed by atoms with Crippen LogP contribution in [-0.2, 0) is 57.5 Å². The highest BCUT2D eigenvalue weighted by molar-refractivity contribution is 5.89. The highest BCUT2D eigenvalue weighted by Gasteiger charge is 2.24. The summed E-state index contributed by atoms with van der Waals surface area (Å²) in [5, 5.41) is 44.5. The van der Waals surface area contributed by atoms with Crippen molar-refractivity contribution < 1.29 is 78.0 Å². The van der Waals surface area contributed by atoms with Crippen molar-refractivity contribution in [3.05, 3.63) is 0 Å². The summed E-state index contributed by atoms with van der Waals surface area (Å²) in [5.74, 6) is -11.0. The van der Waals surface area contributed by atoms with Gasteiger partial charge in [-0.3, -0.25) is 38.4 Å². The van der Waals surface area contributed by atoms with Crippen molar-refractivity contribution >= 4 is 71.1 Å². The second kappa shape index (κ2) is 26.4. The van der Waals surface area contributed by atoms with Gasteiger partial charge in [0.05, 0.1) is 0 Å². The molecule has 0 aromatic rings. The predicted octanol–water partition coefficient (Wildman–Crippen LogP) is -4.74. The summed E-state index contributed by atoms with van der Waals surface area (Å²) in [6, 6.07) is -5.21. The Balaban J connectivity index is 0. The smallest absolute Gasteiger partial charge is 0.326 e. The Hall–Kier alpha value is -6.36. The Morgan fingerprint density at radius 2 is 0.528 bits per heavy atom. The van der Waals surface area contributed by atoms with Crippen molar-refractivity contribution in [3.8, 4) is 0 Å². The minimum absolute atomic E-state index is 0.0436. The largest absolute Gasteiger partial charge is 0.480 e. The second-order valence-corrected chi connectivity index (χ2v) is 11.2. The van der Waals surface area contributed by atoms with E-state index in [-0.39, 0.29) is 70.6 Å². The van der Waals surface area contributed by atoms with Gasteiger partial charge in [0.2, 0.25) is 47.3 Å². The van der Waals surface area contributed by atoms with Crippen LogP contribution in [0.4, 0.5) is 0 Å². The number of hydrogen-bond donors (Lipinski definition) is 12. The first-order valence-corrected chi connectivity index (χ1v) is 15.8. The number of amides is 8. The summed E-state index contributed by atoms with van der Waals surface area (Å²) in [5.41, 5.74) is 19.7. The molecule has 0 aliphatic heterocycles. The molecule has 0 saturated carbocycles. The molecule has 53 heavy (non-hydrogen) atoms. The maximum atomic E-state index is 11.7. The third-order valence-electron chi connectivity index (χ3n) is 6.64. The molecule has 0 rings (SSSR count). The fraction of sp³-hybridized carbons (Fsp3) is 0.586. The van der Waals surface area contributed by atoms with Crippen LogP contribution in [0.2, 0.25) is 0 Å². The van der Waals surface area contributed by atoms with Crippen LogP contribution >= 0.6 is 0 Å². The van der Waals surface area contributed by atoms with Crippen LogP contribution in [0.25, 0.3) is 0 Å². The Bertz CT molecular complexity index is 1270. The molecular weight excluding hydrogens is 716 g/mol. The number of hydrogen-bond acceptors (Lipinski definition) is 12. The van der Waals surface area contributed by atoms with Crippen molar-refractivity contribution in [3.63, 3.8) is 0 Å². The van der Waals surface area contributed by atoms with Gasteiger partial charge >= 0.3 is 23.9 Å². The Morgan fingerprint density at radius 1 is 0.340 bits per heavy atom. The maximum Gasteiger partial charge on any atom is 0.326 e. The standard InChI is InChI=1S/C15H24N4O8.C14H22N4O8/c16-10(20)6-4-8(14(24)25)18-12(22)2-1-3-13(23)19-9(15(26)27)5-7-11(17)21;15-9(19)3-1-7(13(23)24)17-11(21)5-6-12(22)18-8(14(25)26)2-4-10(16)20/h8-9H,1-7H2,(H2,16,20)(H2,17,21)(H,18,22)(H,19,23)(H,24,25)(H,26,27);7-8H,1-6H2,(H2,15,19)(H2,16,20)(H,17,21)(H,18,22)(H,23,24)(H,25,26). The lowest BCUT2D eigenvalue weighted by molar-refractivity contribution is -0.143. The molecule has 0 aromatic heterocycles. The first kappa shape index (κ1) is 48.8. The molecule has 0 aliphatic carbocycles. The van der Waals surface area contributed by atoms with Crippen molar-refractivity contribution in [1.29, 1.82) is 0 Å². The molecule has 0 aromatic carbocycles. The molecule has 0 spiro atoms. The molecule has 0 bridgehead atoms. The topological polar surface area (TPSA) is 438 Å². The summed E-state index contributed by atoms with van der Waals surface area (Å²) in [6.07, 6.45) is -2.69. The SMILES string of the molecule is NC(=O)CCC(NC(=O)CCC(=O)NC(CCC(N)=O)C(=O)O)C(=O)O.NC(=O)CCC(NC(=O)CCCC(=O)NC(CCC(N)=O)C(=O)O)C(=O)O. The van der Waals surface area contributed by atoms with Crippen LogP contribution in [0.5, 0.6) is 0 Å². The van der Waals surface area contributed by atoms with E-state index in [1.54, 1.807) is 0 Å². The molecule has 0 aliphatic rings. The van der Waals surface area contributed by atoms with Crippen molar-refractivity contribution in [2.75, 3.05) is 0 Å². The van der Waals surface area contributed by atoms with E-state index in [1.807, 2.05) is 0 Å². The van der Waals surface area contributed by atoms with E-state index in [9.17, 15) is 57.5 Å². The summed E-state index contributed by atoms with van der Waals surface area (Å²) >= 11 is 0. The average Bonchev–Trinajstić information content (AvgIpc) is 3.03. The van der Waals surface area contributed by atoms with Crippen LogP contribution in [0.15, 0.2) is 0 Å². The molecule has 24 nitrogen and oxygen atoms in total. The first-order chi connectivity index (χ1) is 24.5. The zero-order valence-electron chi connectivity index (χ0n) is 28.5. The van der Waals surface area contributed by atoms with E-state index in [0.717, 1.165) is 0 Å². The molecule has 4 unspecified atom stereocenters. The van der Waals surface area contributed by atoms with Gasteiger partial charge < -0.3 is 64.6 Å². The second-order valence-electron chi connectivity index (χ2n) is 11.2. The molecule has 0 saturated heterocycles. The van der Waals surface area contributed by atoms with Crippen molar-refractivity contribution in [2.45, 2.75) is 108 Å². The van der Waals surface area contributed by atoms with Crippen LogP contribution < -0.4 is 44.2 Å². The minimum atomic E-state index is -1.36. The van der Waals surface area contributed by atoms with Gasteiger partial charge in [-0.1, -0.05) is 0 Å². The average molecular weight is 763 g/mol. The van der Waals surface area contributed by atoms with Crippen LogP contribution in [0.3, 0.4) is 0 Å². The lowest BCUT2D eigenvalue weighted by atomic mass is 10.1. The van der Waals surface area contributed by atoms with Crippen molar-refractivity contribution in [2.24, 2.45) is 22.9 Å². The fourth-order valence-electron chi connectivity index (χ4n) is 3.88. The summed E-state index contributed by atoms with van der Waals surface area (Å²) in [6.45, 7) is 0. The third kappa shape index (κ3) is 27.1. The number of carbonyl (C=O) groups is 12. The van der Waals surface area contributed by atoms with Gasteiger partial charge in [-0.2, -0.15) is 0 Å². The predicted molar refractivity (Wildman–Crippen MR) is 175 cm³/mol. The van der Waals surface area contributed by atoms with Crippen LogP contribution in [0.1, 0.15) is 83.5 Å². The molecule has 4 atom stereocenters. The normalized spacial score (nSPS) is 12.5. The third-order valence-corrected chi connectivity index (χ3v) is 6.64. The van der Waals surface area contributed by atoms with E-state index in [2.05, 4.69) is 21.3 Å². The Kier molecular flexibility index (Phi) is 24.3. The Morgan fingerprint density at radius 3 is 0.698 bits per heavy atom. The van der Waals surface area contributed by atoms with Crippen LogP contribution in [-0.4, -0.2) is 116 Å². The zero-order valence-corrected chi connectivity index (χ0v) is 28.5. The van der Waals surface area contributed by atoms with E-state index >= 15 is 0 Å². The molecule has 24 heteroatoms. The number of nitrogens with one attached hydrogen (secondary N) is 4. The van der Waals surface area contributed by atoms with Gasteiger partial charge in [0, 0.05) is 51.4 Å². The van der Waals surface area contributed by atoms with Gasteiger partial charge in [-0.25, -0.2) is 19.2 Å². The quantitative estimate of drug-likeness (QED) is 0.0374. The zero-order chi connectivity index (χ0) is 41.3.